The first-order valence-corrected chi connectivity index (χ1v) is 7.59. The minimum Gasteiger partial charge on any atom is -0.480 e. The van der Waals surface area contributed by atoms with Crippen LogP contribution in [0.2, 0.25) is 5.02 Å². The highest BCUT2D eigenvalue weighted by atomic mass is 35.5. The van der Waals surface area contributed by atoms with Gasteiger partial charge in [-0.05, 0) is 18.2 Å². The largest absolute Gasteiger partial charge is 0.480 e. The molecule has 1 heterocycles. The molecule has 1 unspecified atom stereocenters. The average molecular weight is 359 g/mol. The molecule has 2 rings (SSSR count). The van der Waals surface area contributed by atoms with Crippen LogP contribution in [0.25, 0.3) is 0 Å². The normalized spacial score (nSPS) is 17.2. The molecule has 1 atom stereocenters. The number of halogens is 2. The fourth-order valence-electron chi connectivity index (χ4n) is 2.34. The quantitative estimate of drug-likeness (QED) is 0.710. The van der Waals surface area contributed by atoms with Crippen molar-refractivity contribution < 1.29 is 28.6 Å². The van der Waals surface area contributed by atoms with E-state index in [4.69, 9.17) is 21.4 Å². The minimum atomic E-state index is -1.09. The second kappa shape index (κ2) is 8.07. The van der Waals surface area contributed by atoms with Crippen LogP contribution in [0.1, 0.15) is 6.42 Å². The van der Waals surface area contributed by atoms with Gasteiger partial charge in [0.1, 0.15) is 12.4 Å². The Morgan fingerprint density at radius 2 is 2.21 bits per heavy atom. The van der Waals surface area contributed by atoms with Gasteiger partial charge in [-0.25, -0.2) is 9.18 Å². The van der Waals surface area contributed by atoms with Crippen molar-refractivity contribution in [3.05, 3.63) is 29.0 Å². The summed E-state index contributed by atoms with van der Waals surface area (Å²) in [6, 6.07) is 4.02. The summed E-state index contributed by atoms with van der Waals surface area (Å²) in [7, 11) is 0. The van der Waals surface area contributed by atoms with Crippen LogP contribution >= 0.6 is 11.6 Å². The number of anilines is 1. The number of nitrogens with one attached hydrogen (secondary N) is 1. The van der Waals surface area contributed by atoms with Gasteiger partial charge >= 0.3 is 5.97 Å². The molecule has 0 radical (unpaired) electrons. The van der Waals surface area contributed by atoms with Gasteiger partial charge in [-0.15, -0.1) is 0 Å². The predicted octanol–water partition coefficient (Wildman–Crippen LogP) is 1.05. The summed E-state index contributed by atoms with van der Waals surface area (Å²) in [5.41, 5.74) is 0.349. The summed E-state index contributed by atoms with van der Waals surface area (Å²) in [4.78, 5) is 35.7. The molecule has 0 saturated carbocycles. The number of carboxylic acids is 1. The number of carbonyl (C=O) groups excluding carboxylic acids is 2. The number of benzene rings is 1. The van der Waals surface area contributed by atoms with E-state index in [0.29, 0.717) is 5.69 Å². The van der Waals surface area contributed by atoms with Crippen molar-refractivity contribution in [1.29, 1.82) is 0 Å². The van der Waals surface area contributed by atoms with E-state index in [9.17, 15) is 18.8 Å². The van der Waals surface area contributed by atoms with Crippen molar-refractivity contribution in [2.24, 2.45) is 5.92 Å². The van der Waals surface area contributed by atoms with Crippen LogP contribution in [0.3, 0.4) is 0 Å². The number of carboxylic acid groups (broad SMARTS) is 1. The lowest BCUT2D eigenvalue weighted by atomic mass is 10.1. The van der Waals surface area contributed by atoms with E-state index >= 15 is 0 Å². The predicted molar refractivity (Wildman–Crippen MR) is 83.3 cm³/mol. The van der Waals surface area contributed by atoms with Crippen molar-refractivity contribution in [2.75, 3.05) is 31.2 Å². The topological polar surface area (TPSA) is 95.9 Å². The molecule has 1 aromatic carbocycles. The standard InChI is InChI=1S/C15H16ClFN2O5/c16-11-2-1-10(6-12(11)17)19-7-9(5-13(19)20)15(23)18-3-4-24-8-14(21)22/h1-2,6,9H,3-5,7-8H2,(H,18,23)(H,21,22). The summed E-state index contributed by atoms with van der Waals surface area (Å²) in [6.45, 7) is -0.0907. The average Bonchev–Trinajstić information content (AvgIpc) is 2.91. The summed E-state index contributed by atoms with van der Waals surface area (Å²) in [6.07, 6.45) is 0.0199. The van der Waals surface area contributed by atoms with Crippen LogP contribution in [0.5, 0.6) is 0 Å². The van der Waals surface area contributed by atoms with E-state index in [0.717, 1.165) is 6.07 Å². The van der Waals surface area contributed by atoms with Crippen LogP contribution in [-0.2, 0) is 19.1 Å². The summed E-state index contributed by atoms with van der Waals surface area (Å²) in [5, 5.41) is 10.9. The lowest BCUT2D eigenvalue weighted by Crippen LogP contribution is -2.35. The zero-order chi connectivity index (χ0) is 17.7. The number of nitrogens with zero attached hydrogens (tertiary/aromatic N) is 1. The van der Waals surface area contributed by atoms with Crippen molar-refractivity contribution in [3.63, 3.8) is 0 Å². The van der Waals surface area contributed by atoms with Crippen molar-refractivity contribution in [3.8, 4) is 0 Å². The highest BCUT2D eigenvalue weighted by Crippen LogP contribution is 2.28. The Kier molecular flexibility index (Phi) is 6.10. The maximum absolute atomic E-state index is 13.5. The van der Waals surface area contributed by atoms with Gasteiger partial charge in [0.15, 0.2) is 0 Å². The third kappa shape index (κ3) is 4.65. The van der Waals surface area contributed by atoms with E-state index in [1.807, 2.05) is 0 Å². The second-order valence-electron chi connectivity index (χ2n) is 5.24. The van der Waals surface area contributed by atoms with Crippen LogP contribution < -0.4 is 10.2 Å². The van der Waals surface area contributed by atoms with Crippen molar-refractivity contribution in [1.82, 2.24) is 5.32 Å². The Morgan fingerprint density at radius 1 is 1.46 bits per heavy atom. The Bertz CT molecular complexity index is 655. The lowest BCUT2D eigenvalue weighted by molar-refractivity contribution is -0.142. The highest BCUT2D eigenvalue weighted by molar-refractivity contribution is 6.30. The fourth-order valence-corrected chi connectivity index (χ4v) is 2.45. The Balaban J connectivity index is 1.86. The molecule has 1 aliphatic rings. The number of amides is 2. The third-order valence-electron chi connectivity index (χ3n) is 3.48. The van der Waals surface area contributed by atoms with E-state index < -0.39 is 24.3 Å². The minimum absolute atomic E-state index is 0.0199. The monoisotopic (exact) mass is 358 g/mol. The maximum Gasteiger partial charge on any atom is 0.329 e. The Labute approximate surface area is 142 Å². The van der Waals surface area contributed by atoms with E-state index in [-0.39, 0.29) is 43.0 Å². The first-order chi connectivity index (χ1) is 11.4. The van der Waals surface area contributed by atoms with Crippen LogP contribution in [0.4, 0.5) is 10.1 Å². The van der Waals surface area contributed by atoms with Crippen LogP contribution in [0.15, 0.2) is 18.2 Å². The van der Waals surface area contributed by atoms with Gasteiger partial charge in [0, 0.05) is 25.2 Å². The molecule has 7 nitrogen and oxygen atoms in total. The molecule has 24 heavy (non-hydrogen) atoms. The van der Waals surface area contributed by atoms with Gasteiger partial charge < -0.3 is 20.1 Å². The summed E-state index contributed by atoms with van der Waals surface area (Å²) < 4.78 is 18.3. The molecule has 9 heteroatoms. The number of hydrogen-bond donors (Lipinski definition) is 2. The van der Waals surface area contributed by atoms with Gasteiger partial charge in [0.25, 0.3) is 0 Å². The maximum atomic E-state index is 13.5. The molecule has 130 valence electrons. The smallest absolute Gasteiger partial charge is 0.329 e. The summed E-state index contributed by atoms with van der Waals surface area (Å²) in [5.74, 6) is -2.90. The third-order valence-corrected chi connectivity index (χ3v) is 3.79. The van der Waals surface area contributed by atoms with E-state index in [2.05, 4.69) is 5.32 Å². The van der Waals surface area contributed by atoms with Gasteiger partial charge in [0.2, 0.25) is 11.8 Å². The van der Waals surface area contributed by atoms with E-state index in [1.165, 1.54) is 17.0 Å². The van der Waals surface area contributed by atoms with Crippen LogP contribution in [-0.4, -0.2) is 49.2 Å². The molecule has 0 bridgehead atoms. The number of ether oxygens (including phenoxy) is 1. The lowest BCUT2D eigenvalue weighted by Gasteiger charge is -2.17. The van der Waals surface area contributed by atoms with E-state index in [1.54, 1.807) is 0 Å². The molecule has 1 aliphatic heterocycles. The molecule has 2 amide bonds. The molecule has 1 fully saturated rings. The number of rotatable bonds is 7. The Morgan fingerprint density at radius 3 is 2.88 bits per heavy atom. The van der Waals surface area contributed by atoms with Crippen molar-refractivity contribution >= 4 is 35.1 Å². The SMILES string of the molecule is O=C(O)COCCNC(=O)C1CC(=O)N(c2ccc(Cl)c(F)c2)C1. The molecule has 1 saturated heterocycles. The molecule has 0 spiro atoms. The summed E-state index contributed by atoms with van der Waals surface area (Å²) >= 11 is 5.61. The number of carbonyl (C=O) groups is 3. The number of hydrogen-bond acceptors (Lipinski definition) is 4. The number of aliphatic carboxylic acids is 1. The fraction of sp³-hybridized carbons (Fsp3) is 0.400. The van der Waals surface area contributed by atoms with Gasteiger partial charge in [-0.3, -0.25) is 9.59 Å². The van der Waals surface area contributed by atoms with Crippen molar-refractivity contribution in [2.45, 2.75) is 6.42 Å². The van der Waals surface area contributed by atoms with Gasteiger partial charge in [0.05, 0.1) is 17.5 Å². The first kappa shape index (κ1) is 18.2. The molecule has 2 N–H and O–H groups in total. The zero-order valence-corrected chi connectivity index (χ0v) is 13.4. The van der Waals surface area contributed by atoms with Gasteiger partial charge in [-0.2, -0.15) is 0 Å². The Hall–Kier alpha value is -2.19. The molecular weight excluding hydrogens is 343 g/mol. The molecule has 0 aliphatic carbocycles. The van der Waals surface area contributed by atoms with Crippen LogP contribution in [0, 0.1) is 11.7 Å². The molecule has 0 aromatic heterocycles. The molecule has 1 aromatic rings. The molecular formula is C15H16ClFN2O5. The first-order valence-electron chi connectivity index (χ1n) is 7.21. The zero-order valence-electron chi connectivity index (χ0n) is 12.6. The highest BCUT2D eigenvalue weighted by Gasteiger charge is 2.35. The second-order valence-corrected chi connectivity index (χ2v) is 5.65. The van der Waals surface area contributed by atoms with Gasteiger partial charge in [-0.1, -0.05) is 11.6 Å².